The van der Waals surface area contributed by atoms with E-state index >= 15 is 0 Å². The molecule has 0 saturated carbocycles. The van der Waals surface area contributed by atoms with Crippen molar-refractivity contribution in [3.63, 3.8) is 0 Å². The Morgan fingerprint density at radius 2 is 1.50 bits per heavy atom. The third-order valence-electron chi connectivity index (χ3n) is 5.81. The van der Waals surface area contributed by atoms with Gasteiger partial charge in [-0.05, 0) is 45.4 Å². The van der Waals surface area contributed by atoms with Crippen LogP contribution in [0.1, 0.15) is 51.9 Å². The molecule has 148 valence electrons. The molecule has 3 fully saturated rings. The maximum Gasteiger partial charge on any atom is 0.409 e. The lowest BCUT2D eigenvalue weighted by Crippen LogP contribution is -2.52. The number of carbonyl (C=O) groups excluding carboxylic acids is 2. The van der Waals surface area contributed by atoms with Gasteiger partial charge < -0.3 is 24.8 Å². The second-order valence-electron chi connectivity index (χ2n) is 7.74. The highest BCUT2D eigenvalue weighted by Crippen LogP contribution is 2.18. The van der Waals surface area contributed by atoms with Gasteiger partial charge in [0, 0.05) is 51.4 Å². The molecule has 0 spiro atoms. The topological polar surface area (TPSA) is 65.1 Å². The summed E-state index contributed by atoms with van der Waals surface area (Å²) in [5, 5.41) is 3.77. The minimum atomic E-state index is -0.192. The summed E-state index contributed by atoms with van der Waals surface area (Å²) in [6.07, 6.45) is 7.39. The summed E-state index contributed by atoms with van der Waals surface area (Å²) in [5.41, 5.74) is 0. The first kappa shape index (κ1) is 19.3. The number of ether oxygens (including phenoxy) is 1. The molecule has 1 atom stereocenters. The van der Waals surface area contributed by atoms with Crippen molar-refractivity contribution in [2.45, 2.75) is 64.0 Å². The molecule has 3 heterocycles. The Bertz CT molecular complexity index is 473. The fourth-order valence-electron chi connectivity index (χ4n) is 4.34. The molecule has 26 heavy (non-hydrogen) atoms. The zero-order valence-electron chi connectivity index (χ0n) is 16.1. The molecular weight excluding hydrogens is 332 g/mol. The largest absolute Gasteiger partial charge is 0.450 e. The molecule has 0 unspecified atom stereocenters. The van der Waals surface area contributed by atoms with Gasteiger partial charge in [-0.3, -0.25) is 0 Å². The van der Waals surface area contributed by atoms with E-state index in [1.807, 2.05) is 11.8 Å². The summed E-state index contributed by atoms with van der Waals surface area (Å²) >= 11 is 0. The number of piperidine rings is 1. The number of amides is 3. The number of nitrogens with one attached hydrogen (secondary N) is 1. The van der Waals surface area contributed by atoms with Crippen LogP contribution >= 0.6 is 0 Å². The van der Waals surface area contributed by atoms with E-state index in [1.165, 1.54) is 6.42 Å². The zero-order valence-corrected chi connectivity index (χ0v) is 16.1. The second kappa shape index (κ2) is 9.44. The fourth-order valence-corrected chi connectivity index (χ4v) is 4.34. The van der Waals surface area contributed by atoms with Crippen LogP contribution in [0.5, 0.6) is 0 Å². The maximum atomic E-state index is 12.7. The van der Waals surface area contributed by atoms with E-state index in [9.17, 15) is 9.59 Å². The predicted molar refractivity (Wildman–Crippen MR) is 100 cm³/mol. The van der Waals surface area contributed by atoms with Crippen molar-refractivity contribution in [3.05, 3.63) is 0 Å². The van der Waals surface area contributed by atoms with Crippen molar-refractivity contribution in [2.24, 2.45) is 0 Å². The lowest BCUT2D eigenvalue weighted by atomic mass is 10.0. The number of carbonyl (C=O) groups is 2. The highest BCUT2D eigenvalue weighted by molar-refractivity contribution is 5.74. The summed E-state index contributed by atoms with van der Waals surface area (Å²) in [6.45, 7) is 7.30. The molecule has 3 aliphatic rings. The van der Waals surface area contributed by atoms with Crippen LogP contribution in [0.3, 0.4) is 0 Å². The van der Waals surface area contributed by atoms with Crippen LogP contribution in [-0.2, 0) is 4.74 Å². The number of rotatable bonds is 3. The predicted octanol–water partition coefficient (Wildman–Crippen LogP) is 2.27. The van der Waals surface area contributed by atoms with Gasteiger partial charge in [0.25, 0.3) is 0 Å². The summed E-state index contributed by atoms with van der Waals surface area (Å²) in [4.78, 5) is 30.4. The smallest absolute Gasteiger partial charge is 0.409 e. The van der Waals surface area contributed by atoms with Gasteiger partial charge in [-0.25, -0.2) is 9.59 Å². The van der Waals surface area contributed by atoms with Gasteiger partial charge in [0.2, 0.25) is 0 Å². The van der Waals surface area contributed by atoms with Gasteiger partial charge in [0.05, 0.1) is 6.61 Å². The van der Waals surface area contributed by atoms with Crippen LogP contribution in [0.25, 0.3) is 0 Å². The Balaban J connectivity index is 1.46. The first-order chi connectivity index (χ1) is 12.7. The minimum absolute atomic E-state index is 0.192. The average molecular weight is 367 g/mol. The van der Waals surface area contributed by atoms with Crippen molar-refractivity contribution in [1.29, 1.82) is 0 Å². The molecular formula is C19H34N4O3. The molecule has 0 bridgehead atoms. The van der Waals surface area contributed by atoms with Gasteiger partial charge in [-0.15, -0.1) is 0 Å². The van der Waals surface area contributed by atoms with Crippen LogP contribution in [0, 0.1) is 0 Å². The van der Waals surface area contributed by atoms with Crippen LogP contribution in [0.2, 0.25) is 0 Å². The molecule has 3 rings (SSSR count). The van der Waals surface area contributed by atoms with Crippen LogP contribution in [0.4, 0.5) is 9.59 Å². The minimum Gasteiger partial charge on any atom is -0.450 e. The van der Waals surface area contributed by atoms with Gasteiger partial charge in [-0.1, -0.05) is 6.42 Å². The number of likely N-dealkylation sites (tertiary alicyclic amines) is 3. The van der Waals surface area contributed by atoms with Crippen LogP contribution < -0.4 is 5.32 Å². The van der Waals surface area contributed by atoms with Gasteiger partial charge in [-0.2, -0.15) is 0 Å². The summed E-state index contributed by atoms with van der Waals surface area (Å²) in [7, 11) is 0. The Morgan fingerprint density at radius 3 is 2.19 bits per heavy atom. The molecule has 7 heteroatoms. The Kier molecular flexibility index (Phi) is 7.00. The SMILES string of the molecule is CCOC(=O)N1CCC(N[C@H]2CCCCN(C(=O)N3CCCC3)C2)CC1. The quantitative estimate of drug-likeness (QED) is 0.832. The van der Waals surface area contributed by atoms with Crippen molar-refractivity contribution < 1.29 is 14.3 Å². The first-order valence-corrected chi connectivity index (χ1v) is 10.4. The van der Waals surface area contributed by atoms with Crippen molar-refractivity contribution in [1.82, 2.24) is 20.0 Å². The van der Waals surface area contributed by atoms with Crippen LogP contribution in [0.15, 0.2) is 0 Å². The Morgan fingerprint density at radius 1 is 0.846 bits per heavy atom. The molecule has 0 radical (unpaired) electrons. The van der Waals surface area contributed by atoms with E-state index in [4.69, 9.17) is 4.74 Å². The maximum absolute atomic E-state index is 12.7. The second-order valence-corrected chi connectivity index (χ2v) is 7.74. The summed E-state index contributed by atoms with van der Waals surface area (Å²) < 4.78 is 5.09. The molecule has 0 aliphatic carbocycles. The van der Waals surface area contributed by atoms with Gasteiger partial charge in [0.15, 0.2) is 0 Å². The number of hydrogen-bond acceptors (Lipinski definition) is 4. The molecule has 1 N–H and O–H groups in total. The third-order valence-corrected chi connectivity index (χ3v) is 5.81. The van der Waals surface area contributed by atoms with Crippen LogP contribution in [-0.4, -0.2) is 84.8 Å². The third kappa shape index (κ3) is 5.02. The molecule has 7 nitrogen and oxygen atoms in total. The van der Waals surface area contributed by atoms with E-state index in [1.54, 1.807) is 4.90 Å². The lowest BCUT2D eigenvalue weighted by Gasteiger charge is -2.35. The summed E-state index contributed by atoms with van der Waals surface area (Å²) in [6, 6.07) is 1.02. The molecule has 0 aromatic carbocycles. The summed E-state index contributed by atoms with van der Waals surface area (Å²) in [5.74, 6) is 0. The molecule has 0 aromatic heterocycles. The number of nitrogens with zero attached hydrogens (tertiary/aromatic N) is 3. The van der Waals surface area contributed by atoms with Crippen molar-refractivity contribution >= 4 is 12.1 Å². The molecule has 3 aliphatic heterocycles. The van der Waals surface area contributed by atoms with E-state index in [0.717, 1.165) is 77.8 Å². The fraction of sp³-hybridized carbons (Fsp3) is 0.895. The Hall–Kier alpha value is -1.50. The number of hydrogen-bond donors (Lipinski definition) is 1. The van der Waals surface area contributed by atoms with Gasteiger partial charge in [0.1, 0.15) is 0 Å². The van der Waals surface area contributed by atoms with Gasteiger partial charge >= 0.3 is 12.1 Å². The lowest BCUT2D eigenvalue weighted by molar-refractivity contribution is 0.0934. The normalized spacial score (nSPS) is 25.3. The standard InChI is InChI=1S/C19H34N4O3/c1-2-26-19(25)22-13-8-16(9-14-22)20-17-7-3-4-12-23(15-17)18(24)21-10-5-6-11-21/h16-17,20H,2-15H2,1H3/t17-/m0/s1. The molecule has 3 saturated heterocycles. The Labute approximate surface area is 157 Å². The van der Waals surface area contributed by atoms with E-state index < -0.39 is 0 Å². The van der Waals surface area contributed by atoms with E-state index in [-0.39, 0.29) is 12.1 Å². The molecule has 0 aromatic rings. The van der Waals surface area contributed by atoms with E-state index in [2.05, 4.69) is 10.2 Å². The zero-order chi connectivity index (χ0) is 18.4. The number of urea groups is 1. The highest BCUT2D eigenvalue weighted by atomic mass is 16.6. The van der Waals surface area contributed by atoms with Crippen molar-refractivity contribution in [3.8, 4) is 0 Å². The van der Waals surface area contributed by atoms with E-state index in [0.29, 0.717) is 18.7 Å². The average Bonchev–Trinajstić information content (AvgIpc) is 3.09. The molecule has 3 amide bonds. The van der Waals surface area contributed by atoms with Crippen molar-refractivity contribution in [2.75, 3.05) is 45.9 Å². The highest BCUT2D eigenvalue weighted by Gasteiger charge is 2.30. The monoisotopic (exact) mass is 366 g/mol. The first-order valence-electron chi connectivity index (χ1n) is 10.4.